The summed E-state index contributed by atoms with van der Waals surface area (Å²) in [5.74, 6) is -1.70. The Bertz CT molecular complexity index is 627. The maximum atomic E-state index is 12.0. The predicted octanol–water partition coefficient (Wildman–Crippen LogP) is 2.29. The zero-order valence-corrected chi connectivity index (χ0v) is 13.2. The van der Waals surface area contributed by atoms with Gasteiger partial charge in [0.1, 0.15) is 5.56 Å². The SMILES string of the molecule is CCOC(=O)C(CC)/C(C)=N\NC(=O)c1ccccc1[N+](=O)[O-]. The molecule has 0 saturated heterocycles. The summed E-state index contributed by atoms with van der Waals surface area (Å²) in [6.45, 7) is 5.34. The molecule has 1 amide bonds. The van der Waals surface area contributed by atoms with Crippen LogP contribution in [0.5, 0.6) is 0 Å². The molecule has 0 radical (unpaired) electrons. The van der Waals surface area contributed by atoms with E-state index in [9.17, 15) is 19.7 Å². The van der Waals surface area contributed by atoms with Crippen molar-refractivity contribution >= 4 is 23.3 Å². The van der Waals surface area contributed by atoms with E-state index < -0.39 is 22.7 Å². The second-order valence-electron chi connectivity index (χ2n) is 4.68. The lowest BCUT2D eigenvalue weighted by molar-refractivity contribution is -0.385. The second-order valence-corrected chi connectivity index (χ2v) is 4.68. The van der Waals surface area contributed by atoms with Crippen LogP contribution >= 0.6 is 0 Å². The van der Waals surface area contributed by atoms with Gasteiger partial charge in [-0.1, -0.05) is 19.1 Å². The minimum Gasteiger partial charge on any atom is -0.465 e. The van der Waals surface area contributed by atoms with E-state index in [1.807, 2.05) is 0 Å². The van der Waals surface area contributed by atoms with Gasteiger partial charge in [-0.25, -0.2) is 5.43 Å². The van der Waals surface area contributed by atoms with E-state index in [1.54, 1.807) is 20.8 Å². The minimum atomic E-state index is -0.713. The molecule has 0 heterocycles. The van der Waals surface area contributed by atoms with Gasteiger partial charge in [0.25, 0.3) is 11.6 Å². The molecular formula is C15H19N3O5. The molecule has 0 aromatic heterocycles. The summed E-state index contributed by atoms with van der Waals surface area (Å²) in [5.41, 5.74) is 2.21. The summed E-state index contributed by atoms with van der Waals surface area (Å²) in [6, 6.07) is 5.56. The lowest BCUT2D eigenvalue weighted by atomic mass is 10.0. The van der Waals surface area contributed by atoms with Crippen molar-refractivity contribution in [2.45, 2.75) is 27.2 Å². The number of para-hydroxylation sites is 1. The normalized spacial score (nSPS) is 12.4. The summed E-state index contributed by atoms with van der Waals surface area (Å²) < 4.78 is 4.94. The Labute approximate surface area is 133 Å². The highest BCUT2D eigenvalue weighted by Gasteiger charge is 2.22. The van der Waals surface area contributed by atoms with Gasteiger partial charge < -0.3 is 4.74 Å². The Morgan fingerprint density at radius 1 is 1.35 bits per heavy atom. The number of hydrogen-bond donors (Lipinski definition) is 1. The number of nitrogens with zero attached hydrogens (tertiary/aromatic N) is 2. The molecule has 1 aromatic carbocycles. The van der Waals surface area contributed by atoms with Crippen LogP contribution in [0.15, 0.2) is 29.4 Å². The first-order valence-corrected chi connectivity index (χ1v) is 7.16. The van der Waals surface area contributed by atoms with Gasteiger partial charge in [0.05, 0.1) is 17.4 Å². The zero-order chi connectivity index (χ0) is 17.4. The van der Waals surface area contributed by atoms with Crippen molar-refractivity contribution in [2.75, 3.05) is 6.61 Å². The smallest absolute Gasteiger partial charge is 0.314 e. The number of esters is 1. The van der Waals surface area contributed by atoms with Crippen molar-refractivity contribution < 1.29 is 19.2 Å². The third-order valence-corrected chi connectivity index (χ3v) is 3.16. The van der Waals surface area contributed by atoms with Crippen LogP contribution in [0.4, 0.5) is 5.69 Å². The maximum absolute atomic E-state index is 12.0. The monoisotopic (exact) mass is 321 g/mol. The number of rotatable bonds is 7. The molecule has 1 aromatic rings. The van der Waals surface area contributed by atoms with Gasteiger partial charge in [-0.05, 0) is 26.3 Å². The molecule has 8 heteroatoms. The molecule has 23 heavy (non-hydrogen) atoms. The molecule has 1 rings (SSSR count). The van der Waals surface area contributed by atoms with Crippen LogP contribution in [0.2, 0.25) is 0 Å². The zero-order valence-electron chi connectivity index (χ0n) is 13.2. The van der Waals surface area contributed by atoms with Crippen molar-refractivity contribution in [1.82, 2.24) is 5.43 Å². The lowest BCUT2D eigenvalue weighted by Gasteiger charge is -2.13. The molecule has 0 bridgehead atoms. The number of nitro groups is 1. The largest absolute Gasteiger partial charge is 0.465 e. The molecule has 0 spiro atoms. The summed E-state index contributed by atoms with van der Waals surface area (Å²) in [7, 11) is 0. The third-order valence-electron chi connectivity index (χ3n) is 3.16. The van der Waals surface area contributed by atoms with Crippen LogP contribution < -0.4 is 5.43 Å². The van der Waals surface area contributed by atoms with Crippen LogP contribution in [0.3, 0.4) is 0 Å². The van der Waals surface area contributed by atoms with E-state index in [-0.39, 0.29) is 17.9 Å². The molecule has 0 aliphatic heterocycles. The van der Waals surface area contributed by atoms with Gasteiger partial charge in [-0.15, -0.1) is 0 Å². The molecular weight excluding hydrogens is 302 g/mol. The molecule has 0 fully saturated rings. The number of hydrogen-bond acceptors (Lipinski definition) is 6. The van der Waals surface area contributed by atoms with E-state index in [0.717, 1.165) is 0 Å². The average Bonchev–Trinajstić information content (AvgIpc) is 2.53. The summed E-state index contributed by atoms with van der Waals surface area (Å²) in [5, 5.41) is 14.8. The van der Waals surface area contributed by atoms with E-state index in [0.29, 0.717) is 12.1 Å². The summed E-state index contributed by atoms with van der Waals surface area (Å²) in [6.07, 6.45) is 0.468. The van der Waals surface area contributed by atoms with Gasteiger partial charge in [-0.2, -0.15) is 5.10 Å². The van der Waals surface area contributed by atoms with Crippen molar-refractivity contribution in [3.05, 3.63) is 39.9 Å². The molecule has 124 valence electrons. The quantitative estimate of drug-likeness (QED) is 0.358. The number of amides is 1. The maximum Gasteiger partial charge on any atom is 0.314 e. The van der Waals surface area contributed by atoms with Crippen molar-refractivity contribution in [1.29, 1.82) is 0 Å². The molecule has 0 saturated carbocycles. The fourth-order valence-corrected chi connectivity index (χ4v) is 1.98. The van der Waals surface area contributed by atoms with Crippen LogP contribution in [0.25, 0.3) is 0 Å². The molecule has 1 unspecified atom stereocenters. The van der Waals surface area contributed by atoms with E-state index in [4.69, 9.17) is 4.74 Å². The first kappa shape index (κ1) is 18.3. The Balaban J connectivity index is 2.89. The average molecular weight is 321 g/mol. The highest BCUT2D eigenvalue weighted by Crippen LogP contribution is 2.17. The van der Waals surface area contributed by atoms with Gasteiger partial charge in [0, 0.05) is 11.8 Å². The summed E-state index contributed by atoms with van der Waals surface area (Å²) in [4.78, 5) is 34.1. The van der Waals surface area contributed by atoms with E-state index in [2.05, 4.69) is 10.5 Å². The highest BCUT2D eigenvalue weighted by atomic mass is 16.6. The number of hydrazone groups is 1. The topological polar surface area (TPSA) is 111 Å². The number of carbonyl (C=O) groups excluding carboxylic acids is 2. The first-order valence-electron chi connectivity index (χ1n) is 7.16. The van der Waals surface area contributed by atoms with Gasteiger partial charge in [-0.3, -0.25) is 19.7 Å². The third kappa shape index (κ3) is 4.87. The number of nitro benzene ring substituents is 1. The molecule has 0 aliphatic rings. The molecule has 0 aliphatic carbocycles. The van der Waals surface area contributed by atoms with Crippen LogP contribution in [-0.2, 0) is 9.53 Å². The minimum absolute atomic E-state index is 0.0989. The van der Waals surface area contributed by atoms with Gasteiger partial charge >= 0.3 is 5.97 Å². The van der Waals surface area contributed by atoms with Crippen molar-refractivity contribution in [3.8, 4) is 0 Å². The standard InChI is InChI=1S/C15H19N3O5/c1-4-11(15(20)23-5-2)10(3)16-17-14(19)12-8-6-7-9-13(12)18(21)22/h6-9,11H,4-5H2,1-3H3,(H,17,19)/b16-10-. The highest BCUT2D eigenvalue weighted by molar-refractivity contribution is 6.02. The van der Waals surface area contributed by atoms with Gasteiger partial charge in [0.15, 0.2) is 0 Å². The Morgan fingerprint density at radius 2 is 2.00 bits per heavy atom. The van der Waals surface area contributed by atoms with E-state index >= 15 is 0 Å². The van der Waals surface area contributed by atoms with Gasteiger partial charge in [0.2, 0.25) is 0 Å². The fourth-order valence-electron chi connectivity index (χ4n) is 1.98. The van der Waals surface area contributed by atoms with Crippen LogP contribution in [0, 0.1) is 16.0 Å². The van der Waals surface area contributed by atoms with Crippen molar-refractivity contribution in [2.24, 2.45) is 11.0 Å². The molecule has 1 N–H and O–H groups in total. The van der Waals surface area contributed by atoms with E-state index in [1.165, 1.54) is 24.3 Å². The van der Waals surface area contributed by atoms with Crippen LogP contribution in [-0.4, -0.2) is 29.1 Å². The fraction of sp³-hybridized carbons (Fsp3) is 0.400. The Morgan fingerprint density at radius 3 is 2.57 bits per heavy atom. The predicted molar refractivity (Wildman–Crippen MR) is 84.1 cm³/mol. The Hall–Kier alpha value is -2.77. The Kier molecular flexibility index (Phi) is 6.85. The molecule has 1 atom stereocenters. The number of carbonyl (C=O) groups is 2. The number of ether oxygens (including phenoxy) is 1. The lowest BCUT2D eigenvalue weighted by Crippen LogP contribution is -2.27. The number of benzene rings is 1. The van der Waals surface area contributed by atoms with Crippen LogP contribution in [0.1, 0.15) is 37.6 Å². The molecule has 8 nitrogen and oxygen atoms in total. The van der Waals surface area contributed by atoms with Crippen molar-refractivity contribution in [3.63, 3.8) is 0 Å². The summed E-state index contributed by atoms with van der Waals surface area (Å²) >= 11 is 0. The number of nitrogens with one attached hydrogen (secondary N) is 1. The first-order chi connectivity index (χ1) is 10.9. The second kappa shape index (κ2) is 8.62.